The molecular weight excluding hydrogens is 329 g/mol. The molecule has 0 bridgehead atoms. The first-order valence-electron chi connectivity index (χ1n) is 7.83. The van der Waals surface area contributed by atoms with E-state index < -0.39 is 30.4 Å². The van der Waals surface area contributed by atoms with Crippen molar-refractivity contribution in [2.45, 2.75) is 50.9 Å². The molecule has 2 heterocycles. The van der Waals surface area contributed by atoms with Crippen molar-refractivity contribution in [3.8, 4) is 0 Å². The number of nitrogens with zero attached hydrogens (tertiary/aromatic N) is 2. The largest absolute Gasteiger partial charge is 0.460 e. The van der Waals surface area contributed by atoms with Crippen LogP contribution in [0, 0.1) is 5.92 Å². The number of hydrogen-bond donors (Lipinski definition) is 0. The van der Waals surface area contributed by atoms with Crippen LogP contribution in [0.4, 0.5) is 13.2 Å². The molecule has 132 valence electrons. The predicted molar refractivity (Wildman–Crippen MR) is 73.4 cm³/mol. The van der Waals surface area contributed by atoms with Gasteiger partial charge < -0.3 is 14.2 Å². The summed E-state index contributed by atoms with van der Waals surface area (Å²) in [5.74, 6) is -1.39. The van der Waals surface area contributed by atoms with E-state index in [9.17, 15) is 22.8 Å². The lowest BCUT2D eigenvalue weighted by Crippen LogP contribution is -2.35. The molecule has 3 rings (SSSR count). The Morgan fingerprint density at radius 2 is 2.08 bits per heavy atom. The molecule has 0 spiro atoms. The zero-order chi connectivity index (χ0) is 17.3. The van der Waals surface area contributed by atoms with Gasteiger partial charge in [0.15, 0.2) is 5.69 Å². The molecule has 0 N–H and O–H groups in total. The van der Waals surface area contributed by atoms with Crippen molar-refractivity contribution < 1.29 is 32.0 Å². The lowest BCUT2D eigenvalue weighted by molar-refractivity contribution is -0.152. The Bertz CT molecular complexity index is 622. The van der Waals surface area contributed by atoms with Gasteiger partial charge in [0.25, 0.3) is 0 Å². The minimum absolute atomic E-state index is 0.0467. The van der Waals surface area contributed by atoms with E-state index in [4.69, 9.17) is 4.74 Å². The maximum Gasteiger partial charge on any atom is 0.437 e. The molecule has 1 aliphatic heterocycles. The number of hydrogen-bond acceptors (Lipinski definition) is 5. The highest BCUT2D eigenvalue weighted by Gasteiger charge is 2.40. The second-order valence-corrected chi connectivity index (χ2v) is 6.18. The van der Waals surface area contributed by atoms with Gasteiger partial charge in [-0.3, -0.25) is 9.59 Å². The van der Waals surface area contributed by atoms with Gasteiger partial charge in [-0.1, -0.05) is 18.0 Å². The molecule has 1 atom stereocenters. The molecule has 6 nitrogen and oxygen atoms in total. The van der Waals surface area contributed by atoms with Crippen LogP contribution in [0.1, 0.15) is 43.4 Å². The molecule has 1 aromatic rings. The second kappa shape index (κ2) is 6.45. The van der Waals surface area contributed by atoms with Crippen molar-refractivity contribution >= 4 is 11.9 Å². The van der Waals surface area contributed by atoms with Gasteiger partial charge in [0.1, 0.15) is 12.9 Å². The molecular formula is C15H17F3N2O4. The van der Waals surface area contributed by atoms with Gasteiger partial charge in [-0.05, 0) is 12.8 Å². The van der Waals surface area contributed by atoms with E-state index in [0.717, 1.165) is 31.9 Å². The summed E-state index contributed by atoms with van der Waals surface area (Å²) >= 11 is 0. The van der Waals surface area contributed by atoms with Crippen LogP contribution in [-0.2, 0) is 27.1 Å². The third kappa shape index (κ3) is 3.39. The fraction of sp³-hybridized carbons (Fsp3) is 0.667. The number of halogens is 3. The minimum atomic E-state index is -4.67. The lowest BCUT2D eigenvalue weighted by atomic mass is 10.1. The van der Waals surface area contributed by atoms with Crippen LogP contribution in [0.5, 0.6) is 0 Å². The van der Waals surface area contributed by atoms with Gasteiger partial charge in [0, 0.05) is 19.0 Å². The van der Waals surface area contributed by atoms with Gasteiger partial charge >= 0.3 is 12.1 Å². The number of carbonyl (C=O) groups is 2. The van der Waals surface area contributed by atoms with E-state index in [-0.39, 0.29) is 30.5 Å². The fourth-order valence-corrected chi connectivity index (χ4v) is 3.32. The van der Waals surface area contributed by atoms with Gasteiger partial charge in [0.2, 0.25) is 5.91 Å². The average Bonchev–Trinajstić information content (AvgIpc) is 3.23. The Labute approximate surface area is 135 Å². The van der Waals surface area contributed by atoms with Crippen molar-refractivity contribution in [2.24, 2.45) is 5.92 Å². The van der Waals surface area contributed by atoms with Crippen molar-refractivity contribution in [3.63, 3.8) is 0 Å². The number of alkyl halides is 3. The molecule has 1 saturated heterocycles. The van der Waals surface area contributed by atoms with Crippen LogP contribution in [0.25, 0.3) is 0 Å². The summed E-state index contributed by atoms with van der Waals surface area (Å²) < 4.78 is 47.3. The van der Waals surface area contributed by atoms with E-state index in [1.54, 1.807) is 4.90 Å². The van der Waals surface area contributed by atoms with E-state index in [1.165, 1.54) is 0 Å². The second-order valence-electron chi connectivity index (χ2n) is 6.18. The molecule has 2 fully saturated rings. The zero-order valence-electron chi connectivity index (χ0n) is 12.8. The molecule has 1 saturated carbocycles. The highest BCUT2D eigenvalue weighted by atomic mass is 19.4. The number of rotatable bonds is 4. The summed E-state index contributed by atoms with van der Waals surface area (Å²) in [6.07, 6.45) is 0.185. The molecule has 9 heteroatoms. The Balaban J connectivity index is 1.56. The molecule has 2 aliphatic rings. The van der Waals surface area contributed by atoms with Crippen LogP contribution >= 0.6 is 0 Å². The van der Waals surface area contributed by atoms with Gasteiger partial charge in [0.05, 0.1) is 11.5 Å². The normalized spacial score (nSPS) is 22.4. The van der Waals surface area contributed by atoms with Crippen LogP contribution < -0.4 is 0 Å². The summed E-state index contributed by atoms with van der Waals surface area (Å²) in [6.45, 7) is -0.302. The molecule has 0 radical (unpaired) electrons. The quantitative estimate of drug-likeness (QED) is 0.784. The molecule has 0 aromatic carbocycles. The Morgan fingerprint density at radius 1 is 1.38 bits per heavy atom. The minimum Gasteiger partial charge on any atom is -0.460 e. The Hall–Kier alpha value is -2.06. The number of aromatic nitrogens is 1. The van der Waals surface area contributed by atoms with Crippen LogP contribution in [0.3, 0.4) is 0 Å². The molecule has 1 aliphatic carbocycles. The summed E-state index contributed by atoms with van der Waals surface area (Å²) in [4.78, 5) is 25.8. The summed E-state index contributed by atoms with van der Waals surface area (Å²) in [5, 5.41) is 2.89. The Kier molecular flexibility index (Phi) is 4.51. The smallest absolute Gasteiger partial charge is 0.437 e. The first-order valence-corrected chi connectivity index (χ1v) is 7.83. The third-order valence-electron chi connectivity index (χ3n) is 4.54. The van der Waals surface area contributed by atoms with E-state index in [2.05, 4.69) is 9.68 Å². The van der Waals surface area contributed by atoms with Gasteiger partial charge in [-0.2, -0.15) is 13.2 Å². The first-order chi connectivity index (χ1) is 11.4. The SMILES string of the molecule is O=C(OCc1conc1C(F)(F)F)C1CC(=O)N(C2CCCC2)C1. The predicted octanol–water partition coefficient (Wildman–Crippen LogP) is 2.53. The number of likely N-dealkylation sites (tertiary alicyclic amines) is 1. The summed E-state index contributed by atoms with van der Waals surface area (Å²) in [6, 6.07) is 0.171. The number of carbonyl (C=O) groups excluding carboxylic acids is 2. The molecule has 1 amide bonds. The molecule has 1 unspecified atom stereocenters. The first kappa shape index (κ1) is 16.8. The zero-order valence-corrected chi connectivity index (χ0v) is 12.8. The maximum atomic E-state index is 12.7. The fourth-order valence-electron chi connectivity index (χ4n) is 3.32. The van der Waals surface area contributed by atoms with Crippen molar-refractivity contribution in [3.05, 3.63) is 17.5 Å². The van der Waals surface area contributed by atoms with Crippen LogP contribution in [0.15, 0.2) is 10.8 Å². The lowest BCUT2D eigenvalue weighted by Gasteiger charge is -2.23. The number of ether oxygens (including phenoxy) is 1. The standard InChI is InChI=1S/C15H17F3N2O4/c16-15(17,18)13-10(8-24-19-13)7-23-14(22)9-5-12(21)20(6-9)11-3-1-2-4-11/h8-9,11H,1-7H2. The van der Waals surface area contributed by atoms with Crippen molar-refractivity contribution in [1.82, 2.24) is 10.1 Å². The Morgan fingerprint density at radius 3 is 2.75 bits per heavy atom. The van der Waals surface area contributed by atoms with Crippen LogP contribution in [0.2, 0.25) is 0 Å². The highest BCUT2D eigenvalue weighted by Crippen LogP contribution is 2.32. The average molecular weight is 346 g/mol. The highest BCUT2D eigenvalue weighted by molar-refractivity contribution is 5.87. The molecule has 1 aromatic heterocycles. The monoisotopic (exact) mass is 346 g/mol. The van der Waals surface area contributed by atoms with E-state index >= 15 is 0 Å². The number of esters is 1. The summed E-state index contributed by atoms with van der Waals surface area (Å²) in [5.41, 5.74) is -1.54. The summed E-state index contributed by atoms with van der Waals surface area (Å²) in [7, 11) is 0. The third-order valence-corrected chi connectivity index (χ3v) is 4.54. The maximum absolute atomic E-state index is 12.7. The van der Waals surface area contributed by atoms with Crippen molar-refractivity contribution in [1.29, 1.82) is 0 Å². The topological polar surface area (TPSA) is 72.6 Å². The number of amides is 1. The van der Waals surface area contributed by atoms with Crippen LogP contribution in [-0.4, -0.2) is 34.5 Å². The van der Waals surface area contributed by atoms with Crippen molar-refractivity contribution in [2.75, 3.05) is 6.54 Å². The molecule has 24 heavy (non-hydrogen) atoms. The van der Waals surface area contributed by atoms with Gasteiger partial charge in [-0.15, -0.1) is 0 Å². The van der Waals surface area contributed by atoms with E-state index in [0.29, 0.717) is 0 Å². The van der Waals surface area contributed by atoms with E-state index in [1.807, 2.05) is 0 Å². The van der Waals surface area contributed by atoms with Gasteiger partial charge in [-0.25, -0.2) is 0 Å².